The summed E-state index contributed by atoms with van der Waals surface area (Å²) in [4.78, 5) is 50.4. The van der Waals surface area contributed by atoms with E-state index in [-0.39, 0.29) is 30.5 Å². The van der Waals surface area contributed by atoms with Gasteiger partial charge < -0.3 is 45.3 Å². The number of carbonyl (C=O) groups excluding carboxylic acids is 2. The van der Waals surface area contributed by atoms with E-state index in [4.69, 9.17) is 18.9 Å². The first-order valence-corrected chi connectivity index (χ1v) is 16.4. The van der Waals surface area contributed by atoms with Crippen molar-refractivity contribution in [2.75, 3.05) is 37.0 Å². The van der Waals surface area contributed by atoms with Gasteiger partial charge in [0.15, 0.2) is 0 Å². The summed E-state index contributed by atoms with van der Waals surface area (Å²) in [6, 6.07) is 11.7. The maximum absolute atomic E-state index is 13.3. The van der Waals surface area contributed by atoms with E-state index in [2.05, 4.69) is 36.2 Å². The summed E-state index contributed by atoms with van der Waals surface area (Å²) in [5.74, 6) is -0.0798. The highest BCUT2D eigenvalue weighted by Gasteiger charge is 2.24. The maximum Gasteiger partial charge on any atom is 0.408 e. The zero-order chi connectivity index (χ0) is 35.2. The Morgan fingerprint density at radius 2 is 1.67 bits per heavy atom. The van der Waals surface area contributed by atoms with Crippen molar-refractivity contribution in [2.24, 2.45) is 0 Å². The van der Waals surface area contributed by atoms with Crippen LogP contribution in [-0.4, -0.2) is 76.0 Å². The third-order valence-electron chi connectivity index (χ3n) is 7.02. The van der Waals surface area contributed by atoms with E-state index in [0.29, 0.717) is 43.8 Å². The van der Waals surface area contributed by atoms with E-state index in [1.807, 2.05) is 31.2 Å². The molecule has 3 aromatic rings. The molecule has 2 aromatic carbocycles. The monoisotopic (exact) mass is 679 g/mol. The van der Waals surface area contributed by atoms with Crippen LogP contribution < -0.4 is 35.5 Å². The number of hydrogen-bond donors (Lipinski definition) is 5. The standard InChI is InChI=1S/C34H45N7O8/c1-5-46-32-40-30-36-21-22-10-13-24(14-11-22)47-18-8-6-7-9-19-48-27-20-23(37-31(39-30)41-32)12-15-25(27)28(42)35-17-16-26(29(43)44)38-33(45)49-34(2,3)4/h10-15,20,26H,5-9,16-19,21H2,1-4H3,(H,35,42)(H,38,45)(H,43,44)(H2,36,37,39,40,41)/t26-/m1/s1. The number of aliphatic carboxylic acids is 1. The molecule has 0 fully saturated rings. The van der Waals surface area contributed by atoms with Gasteiger partial charge in [-0.2, -0.15) is 15.0 Å². The van der Waals surface area contributed by atoms with E-state index in [1.165, 1.54) is 0 Å². The Morgan fingerprint density at radius 3 is 2.37 bits per heavy atom. The van der Waals surface area contributed by atoms with Crippen LogP contribution in [0.1, 0.15) is 75.7 Å². The second kappa shape index (κ2) is 17.7. The number of carbonyl (C=O) groups is 3. The minimum absolute atomic E-state index is 0.0305. The summed E-state index contributed by atoms with van der Waals surface area (Å²) in [6.45, 7) is 8.60. The molecule has 6 bridgehead atoms. The first kappa shape index (κ1) is 36.5. The van der Waals surface area contributed by atoms with Gasteiger partial charge >= 0.3 is 18.1 Å². The fourth-order valence-electron chi connectivity index (χ4n) is 4.67. The molecule has 2 aliphatic rings. The van der Waals surface area contributed by atoms with Crippen molar-refractivity contribution >= 4 is 35.6 Å². The number of carboxylic acids is 1. The van der Waals surface area contributed by atoms with E-state index in [0.717, 1.165) is 37.0 Å². The number of nitrogens with zero attached hydrogens (tertiary/aromatic N) is 3. The Labute approximate surface area is 285 Å². The van der Waals surface area contributed by atoms with E-state index < -0.39 is 29.6 Å². The number of anilines is 3. The molecule has 0 saturated heterocycles. The molecule has 0 saturated carbocycles. The van der Waals surface area contributed by atoms with Gasteiger partial charge in [-0.15, -0.1) is 0 Å². The Hall–Kier alpha value is -5.34. The van der Waals surface area contributed by atoms with E-state index in [9.17, 15) is 19.5 Å². The predicted molar refractivity (Wildman–Crippen MR) is 182 cm³/mol. The fourth-order valence-corrected chi connectivity index (χ4v) is 4.67. The number of hydrogen-bond acceptors (Lipinski definition) is 12. The van der Waals surface area contributed by atoms with Crippen LogP contribution in [0.25, 0.3) is 0 Å². The zero-order valence-corrected chi connectivity index (χ0v) is 28.3. The molecule has 0 aliphatic carbocycles. The Balaban J connectivity index is 1.50. The summed E-state index contributed by atoms with van der Waals surface area (Å²) >= 11 is 0. The molecule has 0 radical (unpaired) electrons. The number of rotatable bonds is 8. The van der Waals surface area contributed by atoms with Gasteiger partial charge in [0.05, 0.1) is 25.4 Å². The quantitative estimate of drug-likeness (QED) is 0.212. The van der Waals surface area contributed by atoms with Gasteiger partial charge in [0.25, 0.3) is 5.91 Å². The van der Waals surface area contributed by atoms with Crippen LogP contribution >= 0.6 is 0 Å². The second-order valence-corrected chi connectivity index (χ2v) is 12.2. The van der Waals surface area contributed by atoms with Gasteiger partial charge in [0, 0.05) is 24.8 Å². The zero-order valence-electron chi connectivity index (χ0n) is 28.3. The minimum atomic E-state index is -1.26. The smallest absolute Gasteiger partial charge is 0.408 e. The Morgan fingerprint density at radius 1 is 0.959 bits per heavy atom. The SMILES string of the molecule is CCOc1nc2nc(n1)Nc1ccc(C(=O)NCC[C@@H](NC(=O)OC(C)(C)C)C(=O)O)c(c1)OCCCCCCOc1ccc(cc1)CN2. The van der Waals surface area contributed by atoms with Gasteiger partial charge in [-0.1, -0.05) is 12.1 Å². The molecule has 49 heavy (non-hydrogen) atoms. The number of fused-ring (bicyclic) bond motifs is 10. The van der Waals surface area contributed by atoms with Crippen LogP contribution in [0.3, 0.4) is 0 Å². The van der Waals surface area contributed by atoms with Crippen molar-refractivity contribution in [2.45, 2.75) is 78.0 Å². The first-order chi connectivity index (χ1) is 23.5. The van der Waals surface area contributed by atoms with Gasteiger partial charge in [0.1, 0.15) is 23.1 Å². The number of benzene rings is 2. The van der Waals surface area contributed by atoms with Gasteiger partial charge in [-0.05, 0) is 89.6 Å². The van der Waals surface area contributed by atoms with Crippen LogP contribution in [0.15, 0.2) is 42.5 Å². The van der Waals surface area contributed by atoms with Crippen molar-refractivity contribution in [3.8, 4) is 17.5 Å². The highest BCUT2D eigenvalue weighted by Crippen LogP contribution is 2.27. The lowest BCUT2D eigenvalue weighted by Crippen LogP contribution is -2.45. The van der Waals surface area contributed by atoms with Crippen LogP contribution in [0.5, 0.6) is 17.5 Å². The number of nitrogens with one attached hydrogen (secondary N) is 4. The van der Waals surface area contributed by atoms with Crippen molar-refractivity contribution in [3.05, 3.63) is 53.6 Å². The Bertz CT molecular complexity index is 1560. The van der Waals surface area contributed by atoms with Crippen LogP contribution in [0.2, 0.25) is 0 Å². The lowest BCUT2D eigenvalue weighted by molar-refractivity contribution is -0.139. The lowest BCUT2D eigenvalue weighted by atomic mass is 10.1. The molecule has 0 spiro atoms. The summed E-state index contributed by atoms with van der Waals surface area (Å²) in [5.41, 5.74) is 1.03. The van der Waals surface area contributed by atoms with E-state index >= 15 is 0 Å². The average Bonchev–Trinajstić information content (AvgIpc) is 3.04. The normalized spacial score (nSPS) is 14.3. The number of ether oxygens (including phenoxy) is 4. The van der Waals surface area contributed by atoms with Gasteiger partial charge in [-0.3, -0.25) is 4.79 Å². The van der Waals surface area contributed by atoms with Gasteiger partial charge in [-0.25, -0.2) is 9.59 Å². The number of carboxylic acid groups (broad SMARTS) is 1. The lowest BCUT2D eigenvalue weighted by Gasteiger charge is -2.22. The summed E-state index contributed by atoms with van der Waals surface area (Å²) in [5, 5.41) is 21.0. The van der Waals surface area contributed by atoms with Crippen LogP contribution in [0.4, 0.5) is 22.4 Å². The molecule has 1 aromatic heterocycles. The van der Waals surface area contributed by atoms with Crippen molar-refractivity contribution in [1.82, 2.24) is 25.6 Å². The van der Waals surface area contributed by atoms with E-state index in [1.54, 1.807) is 39.0 Å². The molecule has 2 amide bonds. The number of alkyl carbamates (subject to hydrolysis) is 1. The Kier molecular flexibility index (Phi) is 13.2. The fraction of sp³-hybridized carbons (Fsp3) is 0.471. The molecule has 0 unspecified atom stereocenters. The molecule has 1 atom stereocenters. The summed E-state index contributed by atoms with van der Waals surface area (Å²) in [7, 11) is 0. The molecule has 15 heteroatoms. The first-order valence-electron chi connectivity index (χ1n) is 16.4. The largest absolute Gasteiger partial charge is 0.494 e. The summed E-state index contributed by atoms with van der Waals surface area (Å²) < 4.78 is 22.7. The van der Waals surface area contributed by atoms with Gasteiger partial charge in [0.2, 0.25) is 11.9 Å². The minimum Gasteiger partial charge on any atom is -0.494 e. The third kappa shape index (κ3) is 12.3. The molecule has 2 aliphatic heterocycles. The molecule has 264 valence electrons. The van der Waals surface area contributed by atoms with Crippen LogP contribution in [0, 0.1) is 0 Å². The highest BCUT2D eigenvalue weighted by atomic mass is 16.6. The maximum atomic E-state index is 13.3. The highest BCUT2D eigenvalue weighted by molar-refractivity contribution is 5.97. The second-order valence-electron chi connectivity index (χ2n) is 12.2. The molecule has 3 heterocycles. The number of aromatic nitrogens is 3. The van der Waals surface area contributed by atoms with Crippen LogP contribution in [-0.2, 0) is 16.1 Å². The van der Waals surface area contributed by atoms with Crippen molar-refractivity contribution in [1.29, 1.82) is 0 Å². The topological polar surface area (TPSA) is 195 Å². The molecule has 15 nitrogen and oxygen atoms in total. The van der Waals surface area contributed by atoms with Crippen molar-refractivity contribution < 1.29 is 38.4 Å². The average molecular weight is 680 g/mol. The molecule has 5 N–H and O–H groups in total. The predicted octanol–water partition coefficient (Wildman–Crippen LogP) is 5.06. The number of amides is 2. The molecular formula is C34H45N7O8. The summed E-state index contributed by atoms with van der Waals surface area (Å²) in [6.07, 6.45) is 2.57. The van der Waals surface area contributed by atoms with Crippen molar-refractivity contribution in [3.63, 3.8) is 0 Å². The molecular weight excluding hydrogens is 634 g/mol. The third-order valence-corrected chi connectivity index (χ3v) is 7.02. The molecule has 5 rings (SSSR count).